The summed E-state index contributed by atoms with van der Waals surface area (Å²) in [4.78, 5) is 23.9. The second kappa shape index (κ2) is 11.5. The number of carbonyl (C=O) groups is 2. The lowest BCUT2D eigenvalue weighted by Crippen LogP contribution is -2.21. The van der Waals surface area contributed by atoms with Crippen LogP contribution in [0.1, 0.15) is 18.4 Å². The van der Waals surface area contributed by atoms with E-state index in [1.807, 2.05) is 31.2 Å². The number of methoxy groups -OCH3 is 3. The Morgan fingerprint density at radius 3 is 2.13 bits per heavy atom. The third-order valence-electron chi connectivity index (χ3n) is 4.13. The molecule has 0 radical (unpaired) electrons. The van der Waals surface area contributed by atoms with Crippen molar-refractivity contribution in [1.82, 2.24) is 0 Å². The number of hydrogen-bond acceptors (Lipinski definition) is 7. The van der Waals surface area contributed by atoms with Gasteiger partial charge < -0.3 is 29.0 Å². The average Bonchev–Trinajstić information content (AvgIpc) is 2.75. The molecule has 8 nitrogen and oxygen atoms in total. The van der Waals surface area contributed by atoms with Crippen molar-refractivity contribution in [2.24, 2.45) is 0 Å². The maximum absolute atomic E-state index is 12.1. The topological polar surface area (TPSA) is 92.3 Å². The molecule has 0 aliphatic carbocycles. The Morgan fingerprint density at radius 2 is 1.57 bits per heavy atom. The van der Waals surface area contributed by atoms with Gasteiger partial charge in [0.25, 0.3) is 5.91 Å². The highest BCUT2D eigenvalue weighted by atomic mass is 16.5. The Bertz CT molecular complexity index is 824. The van der Waals surface area contributed by atoms with Gasteiger partial charge in [0.2, 0.25) is 5.75 Å². The number of benzene rings is 2. The summed E-state index contributed by atoms with van der Waals surface area (Å²) >= 11 is 0. The van der Waals surface area contributed by atoms with E-state index in [4.69, 9.17) is 23.7 Å². The first-order valence-corrected chi connectivity index (χ1v) is 9.41. The van der Waals surface area contributed by atoms with E-state index >= 15 is 0 Å². The number of hydrogen-bond donors (Lipinski definition) is 1. The minimum absolute atomic E-state index is 0.156. The molecular weight excluding hydrogens is 390 g/mol. The van der Waals surface area contributed by atoms with Gasteiger partial charge in [0.15, 0.2) is 18.1 Å². The Morgan fingerprint density at radius 1 is 0.933 bits per heavy atom. The molecule has 0 bridgehead atoms. The SMILES string of the molecule is COc1cc(NC(=O)COC(=O)CCCOc2ccc(C)cc2)cc(OC)c1OC. The summed E-state index contributed by atoms with van der Waals surface area (Å²) in [6.45, 7) is 1.99. The zero-order valence-electron chi connectivity index (χ0n) is 17.7. The number of esters is 1. The molecule has 0 saturated carbocycles. The summed E-state index contributed by atoms with van der Waals surface area (Å²) in [5.41, 5.74) is 1.58. The molecule has 8 heteroatoms. The van der Waals surface area contributed by atoms with Crippen LogP contribution in [0.25, 0.3) is 0 Å². The minimum atomic E-state index is -0.478. The molecule has 0 aliphatic heterocycles. The lowest BCUT2D eigenvalue weighted by atomic mass is 10.2. The van der Waals surface area contributed by atoms with Crippen molar-refractivity contribution >= 4 is 17.6 Å². The molecule has 30 heavy (non-hydrogen) atoms. The number of nitrogens with one attached hydrogen (secondary N) is 1. The molecule has 0 atom stereocenters. The van der Waals surface area contributed by atoms with Crippen LogP contribution in [-0.4, -0.2) is 46.4 Å². The van der Waals surface area contributed by atoms with Gasteiger partial charge in [-0.2, -0.15) is 0 Å². The van der Waals surface area contributed by atoms with Crippen molar-refractivity contribution in [2.75, 3.05) is 39.9 Å². The molecule has 1 N–H and O–H groups in total. The Balaban J connectivity index is 1.74. The van der Waals surface area contributed by atoms with Gasteiger partial charge >= 0.3 is 5.97 Å². The quantitative estimate of drug-likeness (QED) is 0.443. The summed E-state index contributed by atoms with van der Waals surface area (Å²) in [5.74, 6) is 1.02. The third-order valence-corrected chi connectivity index (χ3v) is 4.13. The number of anilines is 1. The second-order valence-corrected chi connectivity index (χ2v) is 6.39. The van der Waals surface area contributed by atoms with Crippen LogP contribution < -0.4 is 24.3 Å². The monoisotopic (exact) mass is 417 g/mol. The van der Waals surface area contributed by atoms with Gasteiger partial charge in [0.1, 0.15) is 5.75 Å². The first-order valence-electron chi connectivity index (χ1n) is 9.41. The molecule has 1 amide bonds. The molecule has 0 unspecified atom stereocenters. The number of amides is 1. The molecule has 2 aromatic carbocycles. The number of rotatable bonds is 11. The van der Waals surface area contributed by atoms with E-state index in [9.17, 15) is 9.59 Å². The molecule has 0 spiro atoms. The van der Waals surface area contributed by atoms with Gasteiger partial charge in [-0.3, -0.25) is 9.59 Å². The van der Waals surface area contributed by atoms with E-state index in [0.29, 0.717) is 36.0 Å². The fourth-order valence-corrected chi connectivity index (χ4v) is 2.61. The molecule has 0 aromatic heterocycles. The van der Waals surface area contributed by atoms with Crippen molar-refractivity contribution in [3.8, 4) is 23.0 Å². The summed E-state index contributed by atoms with van der Waals surface area (Å²) in [7, 11) is 4.45. The van der Waals surface area contributed by atoms with Crippen molar-refractivity contribution in [1.29, 1.82) is 0 Å². The molecular formula is C22H27NO7. The smallest absolute Gasteiger partial charge is 0.306 e. The first-order chi connectivity index (χ1) is 14.5. The van der Waals surface area contributed by atoms with E-state index in [0.717, 1.165) is 11.3 Å². The maximum Gasteiger partial charge on any atom is 0.306 e. The van der Waals surface area contributed by atoms with Crippen LogP contribution in [0.15, 0.2) is 36.4 Å². The number of aryl methyl sites for hydroxylation is 1. The van der Waals surface area contributed by atoms with Gasteiger partial charge in [0, 0.05) is 24.2 Å². The molecule has 0 fully saturated rings. The van der Waals surface area contributed by atoms with Crippen molar-refractivity contribution < 1.29 is 33.3 Å². The lowest BCUT2D eigenvalue weighted by Gasteiger charge is -2.14. The first kappa shape index (κ1) is 22.9. The molecule has 0 saturated heterocycles. The fourth-order valence-electron chi connectivity index (χ4n) is 2.61. The summed E-state index contributed by atoms with van der Waals surface area (Å²) in [6.07, 6.45) is 0.643. The van der Waals surface area contributed by atoms with E-state index < -0.39 is 18.5 Å². The molecule has 0 aliphatic rings. The number of carbonyl (C=O) groups excluding carboxylic acids is 2. The minimum Gasteiger partial charge on any atom is -0.494 e. The van der Waals surface area contributed by atoms with Gasteiger partial charge in [-0.15, -0.1) is 0 Å². The Kier molecular flexibility index (Phi) is 8.80. The van der Waals surface area contributed by atoms with Gasteiger partial charge in [-0.1, -0.05) is 17.7 Å². The second-order valence-electron chi connectivity index (χ2n) is 6.39. The number of ether oxygens (including phenoxy) is 5. The maximum atomic E-state index is 12.1. The van der Waals surface area contributed by atoms with E-state index in [-0.39, 0.29) is 6.42 Å². The highest BCUT2D eigenvalue weighted by Crippen LogP contribution is 2.39. The third kappa shape index (κ3) is 6.88. The van der Waals surface area contributed by atoms with Crippen LogP contribution in [0, 0.1) is 6.92 Å². The van der Waals surface area contributed by atoms with Crippen molar-refractivity contribution in [2.45, 2.75) is 19.8 Å². The van der Waals surface area contributed by atoms with Crippen LogP contribution in [0.4, 0.5) is 5.69 Å². The predicted molar refractivity (Wildman–Crippen MR) is 112 cm³/mol. The highest BCUT2D eigenvalue weighted by molar-refractivity contribution is 5.93. The Hall–Kier alpha value is -3.42. The molecule has 2 rings (SSSR count). The highest BCUT2D eigenvalue weighted by Gasteiger charge is 2.15. The van der Waals surface area contributed by atoms with Crippen molar-refractivity contribution in [3.05, 3.63) is 42.0 Å². The van der Waals surface area contributed by atoms with Crippen molar-refractivity contribution in [3.63, 3.8) is 0 Å². The van der Waals surface area contributed by atoms with Gasteiger partial charge in [-0.25, -0.2) is 0 Å². The van der Waals surface area contributed by atoms with Crippen LogP contribution in [0.2, 0.25) is 0 Å². The predicted octanol–water partition coefficient (Wildman–Crippen LogP) is 3.36. The molecule has 2 aromatic rings. The Labute approximate surface area is 176 Å². The van der Waals surface area contributed by atoms with Crippen LogP contribution >= 0.6 is 0 Å². The summed E-state index contributed by atoms with van der Waals surface area (Å²) in [6, 6.07) is 10.8. The average molecular weight is 417 g/mol. The van der Waals surface area contributed by atoms with E-state index in [2.05, 4.69) is 5.32 Å². The van der Waals surface area contributed by atoms with Gasteiger partial charge in [0.05, 0.1) is 27.9 Å². The van der Waals surface area contributed by atoms with E-state index in [1.165, 1.54) is 21.3 Å². The molecule has 0 heterocycles. The lowest BCUT2D eigenvalue weighted by molar-refractivity contribution is -0.147. The molecule has 162 valence electrons. The normalized spacial score (nSPS) is 10.1. The summed E-state index contributed by atoms with van der Waals surface area (Å²) in [5, 5.41) is 2.63. The standard InChI is InChI=1S/C22H27NO7/c1-15-7-9-17(10-8-15)29-11-5-6-21(25)30-14-20(24)23-16-12-18(26-2)22(28-4)19(13-16)27-3/h7-10,12-13H,5-6,11,14H2,1-4H3,(H,23,24). The van der Waals surface area contributed by atoms with Crippen LogP contribution in [0.3, 0.4) is 0 Å². The largest absolute Gasteiger partial charge is 0.494 e. The zero-order chi connectivity index (χ0) is 21.9. The summed E-state index contributed by atoms with van der Waals surface area (Å²) < 4.78 is 26.3. The van der Waals surface area contributed by atoms with Gasteiger partial charge in [-0.05, 0) is 25.5 Å². The van der Waals surface area contributed by atoms with Crippen LogP contribution in [-0.2, 0) is 14.3 Å². The van der Waals surface area contributed by atoms with E-state index in [1.54, 1.807) is 12.1 Å². The van der Waals surface area contributed by atoms with Crippen LogP contribution in [0.5, 0.6) is 23.0 Å². The fraction of sp³-hybridized carbons (Fsp3) is 0.364. The zero-order valence-corrected chi connectivity index (χ0v) is 17.7.